The van der Waals surface area contributed by atoms with Gasteiger partial charge in [-0.25, -0.2) is 0 Å². The predicted molar refractivity (Wildman–Crippen MR) is 90.4 cm³/mol. The largest absolute Gasteiger partial charge is 0.506 e. The number of rotatable bonds is 4. The highest BCUT2D eigenvalue weighted by Crippen LogP contribution is 2.36. The quantitative estimate of drug-likeness (QED) is 0.258. The maximum absolute atomic E-state index is 12.1. The molecule has 1 N–H and O–H groups in total. The zero-order valence-electron chi connectivity index (χ0n) is 11.0. The molecule has 0 atom stereocenters. The Balaban J connectivity index is 2.46. The molecule has 1 aromatic carbocycles. The molecule has 0 spiro atoms. The number of hydrogen-bond acceptors (Lipinski definition) is 6. The zero-order valence-corrected chi connectivity index (χ0v) is 14.0. The van der Waals surface area contributed by atoms with Crippen LogP contribution < -0.4 is 0 Å². The van der Waals surface area contributed by atoms with Crippen molar-refractivity contribution in [3.63, 3.8) is 0 Å². The molecule has 1 aliphatic heterocycles. The second-order valence-electron chi connectivity index (χ2n) is 4.20. The van der Waals surface area contributed by atoms with Crippen LogP contribution in [0.5, 0.6) is 5.75 Å². The van der Waals surface area contributed by atoms with Gasteiger partial charge in [-0.1, -0.05) is 6.08 Å². The molecule has 0 aliphatic carbocycles. The summed E-state index contributed by atoms with van der Waals surface area (Å²) in [4.78, 5) is 35.2. The molecule has 1 saturated heterocycles. The summed E-state index contributed by atoms with van der Waals surface area (Å²) in [5.74, 6) is -0.697. The van der Waals surface area contributed by atoms with Gasteiger partial charge in [0.05, 0.1) is 13.4 Å². The molecule has 0 unspecified atom stereocenters. The Morgan fingerprint density at radius 2 is 2.14 bits per heavy atom. The Morgan fingerprint density at radius 1 is 1.45 bits per heavy atom. The summed E-state index contributed by atoms with van der Waals surface area (Å²) >= 11 is 2.47. The van der Waals surface area contributed by atoms with Crippen LogP contribution in [0.3, 0.4) is 0 Å². The van der Waals surface area contributed by atoms with Gasteiger partial charge in [-0.3, -0.25) is 24.6 Å². The van der Waals surface area contributed by atoms with Crippen LogP contribution in [0.4, 0.5) is 10.5 Å². The molecule has 0 aromatic heterocycles. The van der Waals surface area contributed by atoms with Gasteiger partial charge in [0.15, 0.2) is 0 Å². The Bertz CT molecular complexity index is 731. The van der Waals surface area contributed by atoms with E-state index in [9.17, 15) is 24.8 Å². The zero-order chi connectivity index (χ0) is 16.4. The number of nitrogens with zero attached hydrogens (tertiary/aromatic N) is 2. The normalized spacial score (nSPS) is 16.4. The van der Waals surface area contributed by atoms with E-state index in [1.54, 1.807) is 22.6 Å². The van der Waals surface area contributed by atoms with Crippen molar-refractivity contribution in [1.82, 2.24) is 4.90 Å². The Kier molecular flexibility index (Phi) is 4.86. The summed E-state index contributed by atoms with van der Waals surface area (Å²) in [6.45, 7) is 3.55. The van der Waals surface area contributed by atoms with E-state index in [0.29, 0.717) is 11.8 Å². The third-order valence-electron chi connectivity index (χ3n) is 2.76. The van der Waals surface area contributed by atoms with Gasteiger partial charge in [0.25, 0.3) is 16.8 Å². The monoisotopic (exact) mass is 432 g/mol. The standard InChI is InChI=1S/C13H9IN2O5S/c1-2-3-15-12(18)10(22-13(15)19)5-7-4-8(16(20)21)6-9(14)11(7)17/h2,4-6,17H,1,3H2/b10-5+. The molecular weight excluding hydrogens is 423 g/mol. The summed E-state index contributed by atoms with van der Waals surface area (Å²) in [5.41, 5.74) is -0.0959. The molecule has 1 fully saturated rings. The van der Waals surface area contributed by atoms with Gasteiger partial charge < -0.3 is 5.11 Å². The number of aromatic hydroxyl groups is 1. The molecule has 2 rings (SSSR count). The van der Waals surface area contributed by atoms with E-state index in [-0.39, 0.29) is 32.0 Å². The lowest BCUT2D eigenvalue weighted by molar-refractivity contribution is -0.385. The Labute approximate surface area is 143 Å². The van der Waals surface area contributed by atoms with Gasteiger partial charge in [-0.2, -0.15) is 0 Å². The van der Waals surface area contributed by atoms with Crippen LogP contribution >= 0.6 is 34.4 Å². The van der Waals surface area contributed by atoms with E-state index >= 15 is 0 Å². The van der Waals surface area contributed by atoms with Crippen molar-refractivity contribution in [2.24, 2.45) is 0 Å². The maximum Gasteiger partial charge on any atom is 0.293 e. The molecule has 114 valence electrons. The number of carbonyl (C=O) groups is 2. The SMILES string of the molecule is C=CCN1C(=O)S/C(=C/c2cc([N+](=O)[O-])cc(I)c2O)C1=O. The van der Waals surface area contributed by atoms with Gasteiger partial charge in [0.1, 0.15) is 5.75 Å². The fourth-order valence-electron chi connectivity index (χ4n) is 1.75. The summed E-state index contributed by atoms with van der Waals surface area (Å²) in [5, 5.41) is 20.4. The lowest BCUT2D eigenvalue weighted by Crippen LogP contribution is -2.27. The predicted octanol–water partition coefficient (Wildman–Crippen LogP) is 3.13. The van der Waals surface area contributed by atoms with Gasteiger partial charge in [0.2, 0.25) is 0 Å². The number of halogens is 1. The Morgan fingerprint density at radius 3 is 2.73 bits per heavy atom. The van der Waals surface area contributed by atoms with Gasteiger partial charge >= 0.3 is 0 Å². The molecule has 2 amide bonds. The second kappa shape index (κ2) is 6.48. The highest BCUT2D eigenvalue weighted by molar-refractivity contribution is 14.1. The second-order valence-corrected chi connectivity index (χ2v) is 6.36. The molecule has 9 heteroatoms. The van der Waals surface area contributed by atoms with E-state index in [4.69, 9.17) is 0 Å². The summed E-state index contributed by atoms with van der Waals surface area (Å²) in [6.07, 6.45) is 2.70. The molecule has 1 heterocycles. The van der Waals surface area contributed by atoms with Crippen LogP contribution in [-0.2, 0) is 4.79 Å². The third kappa shape index (κ3) is 3.14. The highest BCUT2D eigenvalue weighted by Gasteiger charge is 2.34. The minimum Gasteiger partial charge on any atom is -0.506 e. The summed E-state index contributed by atoms with van der Waals surface area (Å²) in [6, 6.07) is 2.37. The van der Waals surface area contributed by atoms with Crippen LogP contribution in [0.1, 0.15) is 5.56 Å². The average Bonchev–Trinajstić information content (AvgIpc) is 2.71. The number of phenolic OH excluding ortho intramolecular Hbond substituents is 1. The van der Waals surface area contributed by atoms with Crippen molar-refractivity contribution >= 4 is 57.3 Å². The molecule has 0 bridgehead atoms. The van der Waals surface area contributed by atoms with E-state index in [1.165, 1.54) is 18.2 Å². The van der Waals surface area contributed by atoms with Gasteiger partial charge in [-0.15, -0.1) is 6.58 Å². The summed E-state index contributed by atoms with van der Waals surface area (Å²) < 4.78 is 0.281. The minimum atomic E-state index is -0.595. The van der Waals surface area contributed by atoms with E-state index in [0.717, 1.165) is 11.0 Å². The van der Waals surface area contributed by atoms with E-state index < -0.39 is 16.1 Å². The van der Waals surface area contributed by atoms with Crippen molar-refractivity contribution in [1.29, 1.82) is 0 Å². The van der Waals surface area contributed by atoms with Gasteiger partial charge in [0, 0.05) is 24.2 Å². The van der Waals surface area contributed by atoms with E-state index in [1.807, 2.05) is 0 Å². The van der Waals surface area contributed by atoms with Crippen LogP contribution in [0.15, 0.2) is 29.7 Å². The first kappa shape index (κ1) is 16.5. The summed E-state index contributed by atoms with van der Waals surface area (Å²) in [7, 11) is 0. The molecule has 22 heavy (non-hydrogen) atoms. The number of phenols is 1. The average molecular weight is 432 g/mol. The lowest BCUT2D eigenvalue weighted by Gasteiger charge is -2.08. The number of benzene rings is 1. The topological polar surface area (TPSA) is 101 Å². The minimum absolute atomic E-state index is 0.0838. The van der Waals surface area contributed by atoms with Crippen LogP contribution in [0, 0.1) is 13.7 Å². The number of imide groups is 1. The number of non-ortho nitro benzene ring substituents is 1. The number of thioether (sulfide) groups is 1. The molecule has 1 aromatic rings. The first-order valence-corrected chi connectivity index (χ1v) is 7.78. The third-order valence-corrected chi connectivity index (χ3v) is 4.49. The van der Waals surface area contributed by atoms with E-state index in [2.05, 4.69) is 6.58 Å². The first-order chi connectivity index (χ1) is 10.3. The first-order valence-electron chi connectivity index (χ1n) is 5.88. The lowest BCUT2D eigenvalue weighted by atomic mass is 10.1. The van der Waals surface area contributed by atoms with Crippen LogP contribution in [0.2, 0.25) is 0 Å². The molecule has 7 nitrogen and oxygen atoms in total. The number of nitro benzene ring substituents is 1. The van der Waals surface area contributed by atoms with Crippen molar-refractivity contribution in [2.75, 3.05) is 6.54 Å². The fraction of sp³-hybridized carbons (Fsp3) is 0.0769. The van der Waals surface area contributed by atoms with Crippen LogP contribution in [-0.4, -0.2) is 32.6 Å². The van der Waals surface area contributed by atoms with Crippen molar-refractivity contribution in [2.45, 2.75) is 0 Å². The maximum atomic E-state index is 12.1. The molecular formula is C13H9IN2O5S. The van der Waals surface area contributed by atoms with Crippen molar-refractivity contribution in [3.8, 4) is 5.75 Å². The number of nitro groups is 1. The number of amides is 2. The number of carbonyl (C=O) groups excluding carboxylic acids is 2. The highest BCUT2D eigenvalue weighted by atomic mass is 127. The smallest absolute Gasteiger partial charge is 0.293 e. The Hall–Kier alpha value is -1.88. The van der Waals surface area contributed by atoms with Gasteiger partial charge in [-0.05, 0) is 40.4 Å². The number of hydrogen-bond donors (Lipinski definition) is 1. The van der Waals surface area contributed by atoms with Crippen LogP contribution in [0.25, 0.3) is 6.08 Å². The molecule has 0 radical (unpaired) electrons. The molecule has 1 aliphatic rings. The van der Waals surface area contributed by atoms with Crippen molar-refractivity contribution in [3.05, 3.63) is 48.9 Å². The van der Waals surface area contributed by atoms with Crippen molar-refractivity contribution < 1.29 is 19.6 Å². The molecule has 0 saturated carbocycles. The fourth-order valence-corrected chi connectivity index (χ4v) is 3.22.